The van der Waals surface area contributed by atoms with E-state index in [1.165, 1.54) is 23.1 Å². The quantitative estimate of drug-likeness (QED) is 0.294. The molecule has 174 valence electrons. The molecule has 0 radical (unpaired) electrons. The number of nitrogens with zero attached hydrogens (tertiary/aromatic N) is 3. The van der Waals surface area contributed by atoms with Gasteiger partial charge in [-0.1, -0.05) is 24.8 Å². The Labute approximate surface area is 201 Å². The van der Waals surface area contributed by atoms with Crippen molar-refractivity contribution < 1.29 is 9.53 Å². The number of anilines is 2. The lowest BCUT2D eigenvalue weighted by Crippen LogP contribution is -2.36. The highest BCUT2D eigenvalue weighted by Gasteiger charge is 2.20. The molecule has 1 unspecified atom stereocenters. The van der Waals surface area contributed by atoms with Crippen molar-refractivity contribution in [1.29, 1.82) is 0 Å². The van der Waals surface area contributed by atoms with Crippen LogP contribution in [0.2, 0.25) is 0 Å². The molecule has 0 spiro atoms. The highest BCUT2D eigenvalue weighted by Crippen LogP contribution is 2.28. The van der Waals surface area contributed by atoms with Crippen molar-refractivity contribution in [1.82, 2.24) is 9.55 Å². The fourth-order valence-corrected chi connectivity index (χ4v) is 5.56. The molecule has 1 aliphatic heterocycles. The van der Waals surface area contributed by atoms with Crippen LogP contribution in [0.15, 0.2) is 52.9 Å². The first-order chi connectivity index (χ1) is 16.0. The maximum Gasteiger partial charge on any atom is 0.263 e. The number of carbonyl (C=O) groups excluding carboxylic acids is 1. The fraction of sp³-hybridized carbons (Fsp3) is 0.375. The highest BCUT2D eigenvalue weighted by molar-refractivity contribution is 8.00. The van der Waals surface area contributed by atoms with E-state index in [0.29, 0.717) is 21.9 Å². The van der Waals surface area contributed by atoms with E-state index in [0.717, 1.165) is 49.0 Å². The third kappa shape index (κ3) is 5.31. The first-order valence-electron chi connectivity index (χ1n) is 11.0. The number of hydrogen-bond donors (Lipinski definition) is 1. The zero-order chi connectivity index (χ0) is 23.4. The van der Waals surface area contributed by atoms with Crippen molar-refractivity contribution in [3.05, 3.63) is 58.2 Å². The number of hydrogen-bond acceptors (Lipinski definition) is 7. The summed E-state index contributed by atoms with van der Waals surface area (Å²) in [7, 11) is 0. The van der Waals surface area contributed by atoms with Gasteiger partial charge >= 0.3 is 0 Å². The van der Waals surface area contributed by atoms with E-state index in [9.17, 15) is 9.59 Å². The number of rotatable bonds is 8. The standard InChI is InChI=1S/C24H28N4O3S2/c1-4-10-28-23(30)20-15-19(5-2)33-22(20)26-24(28)32-16(3)21(29)25-17-6-8-18(9-7-17)27-11-13-31-14-12-27/h4,6-9,15-16H,1,5,10-14H2,2-3H3,(H,25,29). The number of aromatic nitrogens is 2. The van der Waals surface area contributed by atoms with Gasteiger partial charge < -0.3 is 15.0 Å². The predicted molar refractivity (Wildman–Crippen MR) is 137 cm³/mol. The van der Waals surface area contributed by atoms with Crippen LogP contribution in [0.4, 0.5) is 11.4 Å². The van der Waals surface area contributed by atoms with Gasteiger partial charge in [0.05, 0.1) is 23.8 Å². The topological polar surface area (TPSA) is 76.5 Å². The van der Waals surface area contributed by atoms with Crippen molar-refractivity contribution in [2.24, 2.45) is 0 Å². The number of thioether (sulfide) groups is 1. The van der Waals surface area contributed by atoms with Crippen molar-refractivity contribution >= 4 is 50.6 Å². The maximum atomic E-state index is 13.0. The van der Waals surface area contributed by atoms with Crippen LogP contribution in [-0.4, -0.2) is 47.0 Å². The molecule has 1 aliphatic rings. The maximum absolute atomic E-state index is 13.0. The Morgan fingerprint density at radius 1 is 1.33 bits per heavy atom. The van der Waals surface area contributed by atoms with Crippen molar-refractivity contribution in [3.8, 4) is 0 Å². The number of thiophene rings is 1. The number of allylic oxidation sites excluding steroid dienone is 1. The van der Waals surface area contributed by atoms with Gasteiger partial charge in [0.2, 0.25) is 5.91 Å². The van der Waals surface area contributed by atoms with Crippen LogP contribution in [0, 0.1) is 0 Å². The summed E-state index contributed by atoms with van der Waals surface area (Å²) in [6, 6.07) is 9.77. The number of fused-ring (bicyclic) bond motifs is 1. The first-order valence-corrected chi connectivity index (χ1v) is 12.7. The molecular weight excluding hydrogens is 456 g/mol. The summed E-state index contributed by atoms with van der Waals surface area (Å²) in [5, 5.41) is 3.69. The van der Waals surface area contributed by atoms with Crippen molar-refractivity contribution in [2.45, 2.75) is 37.2 Å². The molecular formula is C24H28N4O3S2. The highest BCUT2D eigenvalue weighted by atomic mass is 32.2. The van der Waals surface area contributed by atoms with E-state index in [4.69, 9.17) is 9.72 Å². The summed E-state index contributed by atoms with van der Waals surface area (Å²) in [5.74, 6) is -0.140. The van der Waals surface area contributed by atoms with Crippen molar-refractivity contribution in [3.63, 3.8) is 0 Å². The van der Waals surface area contributed by atoms with Gasteiger partial charge in [-0.15, -0.1) is 17.9 Å². The lowest BCUT2D eigenvalue weighted by atomic mass is 10.2. The van der Waals surface area contributed by atoms with E-state index in [-0.39, 0.29) is 11.5 Å². The lowest BCUT2D eigenvalue weighted by molar-refractivity contribution is -0.115. The second kappa shape index (κ2) is 10.5. The summed E-state index contributed by atoms with van der Waals surface area (Å²) in [5.41, 5.74) is 1.76. The summed E-state index contributed by atoms with van der Waals surface area (Å²) < 4.78 is 6.99. The number of benzene rings is 1. The minimum atomic E-state index is -0.435. The van der Waals surface area contributed by atoms with Gasteiger partial charge in [0.1, 0.15) is 4.83 Å². The summed E-state index contributed by atoms with van der Waals surface area (Å²) in [4.78, 5) is 34.7. The SMILES string of the molecule is C=CCn1c(SC(C)C(=O)Nc2ccc(N3CCOCC3)cc2)nc2sc(CC)cc2c1=O. The molecule has 1 saturated heterocycles. The zero-order valence-corrected chi connectivity index (χ0v) is 20.5. The second-order valence-corrected chi connectivity index (χ2v) is 10.2. The summed E-state index contributed by atoms with van der Waals surface area (Å²) in [6.45, 7) is 11.2. The smallest absolute Gasteiger partial charge is 0.263 e. The molecule has 1 amide bonds. The molecule has 2 aromatic heterocycles. The zero-order valence-electron chi connectivity index (χ0n) is 18.9. The molecule has 0 bridgehead atoms. The van der Waals surface area contributed by atoms with Crippen LogP contribution in [0.5, 0.6) is 0 Å². The van der Waals surface area contributed by atoms with Gasteiger partial charge in [0.25, 0.3) is 5.56 Å². The first kappa shape index (κ1) is 23.5. The van der Waals surface area contributed by atoms with Crippen LogP contribution in [0.3, 0.4) is 0 Å². The Hall–Kier alpha value is -2.62. The van der Waals surface area contributed by atoms with Crippen LogP contribution < -0.4 is 15.8 Å². The van der Waals surface area contributed by atoms with Crippen LogP contribution in [0.25, 0.3) is 10.2 Å². The number of amides is 1. The van der Waals surface area contributed by atoms with E-state index >= 15 is 0 Å². The van der Waals surface area contributed by atoms with E-state index in [1.807, 2.05) is 37.3 Å². The van der Waals surface area contributed by atoms with E-state index < -0.39 is 5.25 Å². The van der Waals surface area contributed by atoms with Gasteiger partial charge in [-0.25, -0.2) is 4.98 Å². The molecule has 9 heteroatoms. The predicted octanol–water partition coefficient (Wildman–Crippen LogP) is 4.16. The Balaban J connectivity index is 1.48. The Morgan fingerprint density at radius 2 is 2.06 bits per heavy atom. The summed E-state index contributed by atoms with van der Waals surface area (Å²) in [6.07, 6.45) is 2.53. The molecule has 3 aromatic rings. The lowest BCUT2D eigenvalue weighted by Gasteiger charge is -2.28. The Morgan fingerprint density at radius 3 is 2.73 bits per heavy atom. The summed E-state index contributed by atoms with van der Waals surface area (Å²) >= 11 is 2.81. The van der Waals surface area contributed by atoms with Crippen LogP contribution in [-0.2, 0) is 22.5 Å². The van der Waals surface area contributed by atoms with Crippen LogP contribution in [0.1, 0.15) is 18.7 Å². The molecule has 7 nitrogen and oxygen atoms in total. The van der Waals surface area contributed by atoms with Gasteiger partial charge in [0.15, 0.2) is 5.16 Å². The average molecular weight is 485 g/mol. The molecule has 1 N–H and O–H groups in total. The molecule has 1 aromatic carbocycles. The molecule has 1 atom stereocenters. The molecule has 4 rings (SSSR count). The van der Waals surface area contributed by atoms with Gasteiger partial charge in [-0.05, 0) is 43.7 Å². The Kier molecular flexibility index (Phi) is 7.52. The minimum Gasteiger partial charge on any atom is -0.378 e. The van der Waals surface area contributed by atoms with Gasteiger partial charge in [-0.3, -0.25) is 14.2 Å². The largest absolute Gasteiger partial charge is 0.378 e. The molecule has 1 fully saturated rings. The Bertz CT molecular complexity index is 1200. The molecule has 3 heterocycles. The van der Waals surface area contributed by atoms with E-state index in [2.05, 4.69) is 23.7 Å². The third-order valence-electron chi connectivity index (χ3n) is 5.49. The average Bonchev–Trinajstić information content (AvgIpc) is 3.26. The number of ether oxygens (including phenoxy) is 1. The van der Waals surface area contributed by atoms with Gasteiger partial charge in [0, 0.05) is 35.9 Å². The minimum absolute atomic E-state index is 0.0929. The number of aryl methyl sites for hydroxylation is 1. The molecule has 0 saturated carbocycles. The number of nitrogens with one attached hydrogen (secondary N) is 1. The fourth-order valence-electron chi connectivity index (χ4n) is 3.63. The number of carbonyl (C=O) groups is 1. The molecule has 0 aliphatic carbocycles. The van der Waals surface area contributed by atoms with Crippen LogP contribution >= 0.6 is 23.1 Å². The number of morpholine rings is 1. The molecule has 33 heavy (non-hydrogen) atoms. The second-order valence-electron chi connectivity index (χ2n) is 7.78. The monoisotopic (exact) mass is 484 g/mol. The van der Waals surface area contributed by atoms with Gasteiger partial charge in [-0.2, -0.15) is 0 Å². The normalized spacial score (nSPS) is 14.9. The van der Waals surface area contributed by atoms with Crippen molar-refractivity contribution in [2.75, 3.05) is 36.5 Å². The van der Waals surface area contributed by atoms with E-state index in [1.54, 1.807) is 10.6 Å². The third-order valence-corrected chi connectivity index (χ3v) is 7.75.